The average Bonchev–Trinajstić information content (AvgIpc) is 3.29. The first-order chi connectivity index (χ1) is 16.1. The van der Waals surface area contributed by atoms with Crippen molar-refractivity contribution in [1.29, 1.82) is 0 Å². The van der Waals surface area contributed by atoms with Gasteiger partial charge in [-0.3, -0.25) is 14.2 Å². The van der Waals surface area contributed by atoms with E-state index in [0.29, 0.717) is 36.5 Å². The molecule has 8 heteroatoms. The average molecular weight is 443 g/mol. The molecule has 1 aliphatic heterocycles. The van der Waals surface area contributed by atoms with Crippen LogP contribution in [-0.2, 0) is 11.3 Å². The smallest absolute Gasteiger partial charge is 0.264 e. The van der Waals surface area contributed by atoms with Gasteiger partial charge in [0.2, 0.25) is 5.91 Å². The van der Waals surface area contributed by atoms with Crippen molar-refractivity contribution in [2.24, 2.45) is 0 Å². The molecular weight excluding hydrogens is 416 g/mol. The van der Waals surface area contributed by atoms with Crippen LogP contribution < -0.4 is 10.5 Å². The number of amides is 1. The Kier molecular flexibility index (Phi) is 5.64. The molecule has 0 unspecified atom stereocenters. The number of hydrogen-bond acceptors (Lipinski definition) is 5. The Balaban J connectivity index is 1.27. The van der Waals surface area contributed by atoms with Crippen molar-refractivity contribution in [2.45, 2.75) is 19.9 Å². The normalized spacial score (nSPS) is 14.1. The van der Waals surface area contributed by atoms with E-state index in [1.54, 1.807) is 22.4 Å². The number of para-hydroxylation sites is 2. The first-order valence-electron chi connectivity index (χ1n) is 11.2. The maximum atomic E-state index is 13.1. The lowest BCUT2D eigenvalue weighted by molar-refractivity contribution is -0.131. The van der Waals surface area contributed by atoms with Crippen LogP contribution in [0.5, 0.6) is 0 Å². The Morgan fingerprint density at radius 3 is 2.21 bits per heavy atom. The molecule has 0 spiro atoms. The van der Waals surface area contributed by atoms with Crippen molar-refractivity contribution in [2.75, 3.05) is 31.1 Å². The van der Waals surface area contributed by atoms with Crippen LogP contribution in [0.4, 0.5) is 5.69 Å². The number of aromatic nitrogens is 4. The molecule has 0 N–H and O–H groups in total. The number of aryl methyl sites for hydroxylation is 1. The van der Waals surface area contributed by atoms with Crippen LogP contribution in [0.15, 0.2) is 71.7 Å². The molecule has 168 valence electrons. The predicted octanol–water partition coefficient (Wildman–Crippen LogP) is 2.63. The monoisotopic (exact) mass is 442 g/mol. The maximum Gasteiger partial charge on any atom is 0.264 e. The zero-order valence-electron chi connectivity index (χ0n) is 18.6. The van der Waals surface area contributed by atoms with E-state index in [-0.39, 0.29) is 17.9 Å². The minimum absolute atomic E-state index is 0.0640. The summed E-state index contributed by atoms with van der Waals surface area (Å²) in [6, 6.07) is 19.9. The van der Waals surface area contributed by atoms with Gasteiger partial charge in [0.1, 0.15) is 11.2 Å². The van der Waals surface area contributed by atoms with Crippen molar-refractivity contribution in [1.82, 2.24) is 24.2 Å². The highest BCUT2D eigenvalue weighted by molar-refractivity contribution is 5.77. The SMILES string of the molecule is Cc1nc2c(cnn2-c2ccccc2)c(=O)n1CCC(=O)N1CCN(c2ccccc2)CC1. The van der Waals surface area contributed by atoms with Crippen molar-refractivity contribution < 1.29 is 4.79 Å². The van der Waals surface area contributed by atoms with E-state index in [0.717, 1.165) is 18.8 Å². The summed E-state index contributed by atoms with van der Waals surface area (Å²) in [5, 5.41) is 4.82. The molecule has 0 saturated carbocycles. The largest absolute Gasteiger partial charge is 0.368 e. The number of hydrogen-bond donors (Lipinski definition) is 0. The van der Waals surface area contributed by atoms with Crippen LogP contribution in [0.1, 0.15) is 12.2 Å². The second kappa shape index (κ2) is 8.90. The lowest BCUT2D eigenvalue weighted by Crippen LogP contribution is -2.49. The van der Waals surface area contributed by atoms with Gasteiger partial charge in [0.15, 0.2) is 5.65 Å². The van der Waals surface area contributed by atoms with Gasteiger partial charge in [0.25, 0.3) is 5.56 Å². The summed E-state index contributed by atoms with van der Waals surface area (Å²) in [4.78, 5) is 34.8. The van der Waals surface area contributed by atoms with E-state index in [1.807, 2.05) is 53.4 Å². The summed E-state index contributed by atoms with van der Waals surface area (Å²) in [6.45, 7) is 5.08. The molecule has 0 radical (unpaired) electrons. The topological polar surface area (TPSA) is 76.3 Å². The van der Waals surface area contributed by atoms with Gasteiger partial charge in [-0.15, -0.1) is 0 Å². The van der Waals surface area contributed by atoms with Crippen molar-refractivity contribution in [3.05, 3.63) is 83.0 Å². The summed E-state index contributed by atoms with van der Waals surface area (Å²) in [5.41, 5.74) is 2.40. The number of rotatable bonds is 5. The Hall–Kier alpha value is -3.94. The number of piperazine rings is 1. The molecule has 33 heavy (non-hydrogen) atoms. The zero-order chi connectivity index (χ0) is 22.8. The van der Waals surface area contributed by atoms with E-state index >= 15 is 0 Å². The second-order valence-electron chi connectivity index (χ2n) is 8.20. The molecular formula is C25H26N6O2. The highest BCUT2D eigenvalue weighted by Crippen LogP contribution is 2.17. The first-order valence-corrected chi connectivity index (χ1v) is 11.2. The van der Waals surface area contributed by atoms with E-state index in [4.69, 9.17) is 0 Å². The second-order valence-corrected chi connectivity index (χ2v) is 8.20. The number of carbonyl (C=O) groups is 1. The first kappa shape index (κ1) is 20.9. The molecule has 2 aromatic heterocycles. The quantitative estimate of drug-likeness (QED) is 0.475. The van der Waals surface area contributed by atoms with E-state index in [1.165, 1.54) is 5.69 Å². The Bertz CT molecular complexity index is 1320. The summed E-state index contributed by atoms with van der Waals surface area (Å²) >= 11 is 0. The van der Waals surface area contributed by atoms with Crippen LogP contribution in [0.2, 0.25) is 0 Å². The lowest BCUT2D eigenvalue weighted by Gasteiger charge is -2.36. The fraction of sp³-hybridized carbons (Fsp3) is 0.280. The Morgan fingerprint density at radius 2 is 1.55 bits per heavy atom. The lowest BCUT2D eigenvalue weighted by atomic mass is 10.2. The number of benzene rings is 2. The third kappa shape index (κ3) is 4.11. The number of carbonyl (C=O) groups excluding carboxylic acids is 1. The zero-order valence-corrected chi connectivity index (χ0v) is 18.6. The van der Waals surface area contributed by atoms with Gasteiger partial charge in [-0.25, -0.2) is 9.67 Å². The highest BCUT2D eigenvalue weighted by atomic mass is 16.2. The van der Waals surface area contributed by atoms with Gasteiger partial charge in [0.05, 0.1) is 11.9 Å². The van der Waals surface area contributed by atoms with Gasteiger partial charge < -0.3 is 9.80 Å². The van der Waals surface area contributed by atoms with E-state index in [2.05, 4.69) is 27.1 Å². The molecule has 8 nitrogen and oxygen atoms in total. The third-order valence-corrected chi connectivity index (χ3v) is 6.18. The van der Waals surface area contributed by atoms with Crippen LogP contribution >= 0.6 is 0 Å². The number of nitrogens with zero attached hydrogens (tertiary/aromatic N) is 6. The molecule has 1 aliphatic rings. The molecule has 3 heterocycles. The standard InChI is InChI=1S/C25H26N6O2/c1-19-27-24-22(18-26-31(24)21-10-6-3-7-11-21)25(33)30(19)13-12-23(32)29-16-14-28(15-17-29)20-8-4-2-5-9-20/h2-11,18H,12-17H2,1H3. The van der Waals surface area contributed by atoms with Crippen molar-refractivity contribution in [3.8, 4) is 5.69 Å². The fourth-order valence-electron chi connectivity index (χ4n) is 4.35. The highest BCUT2D eigenvalue weighted by Gasteiger charge is 2.22. The van der Waals surface area contributed by atoms with Gasteiger partial charge in [0, 0.05) is 44.8 Å². The third-order valence-electron chi connectivity index (χ3n) is 6.18. The van der Waals surface area contributed by atoms with Gasteiger partial charge in [-0.05, 0) is 31.2 Å². The Morgan fingerprint density at radius 1 is 0.909 bits per heavy atom. The van der Waals surface area contributed by atoms with Gasteiger partial charge in [-0.1, -0.05) is 36.4 Å². The van der Waals surface area contributed by atoms with E-state index < -0.39 is 0 Å². The number of fused-ring (bicyclic) bond motifs is 1. The molecule has 2 aromatic carbocycles. The minimum Gasteiger partial charge on any atom is -0.368 e. The molecule has 0 bridgehead atoms. The molecule has 1 fully saturated rings. The predicted molar refractivity (Wildman–Crippen MR) is 128 cm³/mol. The van der Waals surface area contributed by atoms with Crippen LogP contribution in [0.3, 0.4) is 0 Å². The summed E-state index contributed by atoms with van der Waals surface area (Å²) in [7, 11) is 0. The van der Waals surface area contributed by atoms with Crippen LogP contribution in [0.25, 0.3) is 16.7 Å². The summed E-state index contributed by atoms with van der Waals surface area (Å²) in [5.74, 6) is 0.640. The van der Waals surface area contributed by atoms with Crippen LogP contribution in [-0.4, -0.2) is 56.3 Å². The molecule has 1 amide bonds. The molecule has 5 rings (SSSR count). The molecule has 4 aromatic rings. The van der Waals surface area contributed by atoms with E-state index in [9.17, 15) is 9.59 Å². The van der Waals surface area contributed by atoms with Crippen molar-refractivity contribution >= 4 is 22.6 Å². The fourth-order valence-corrected chi connectivity index (χ4v) is 4.35. The molecule has 0 aliphatic carbocycles. The van der Waals surface area contributed by atoms with Crippen molar-refractivity contribution in [3.63, 3.8) is 0 Å². The maximum absolute atomic E-state index is 13.1. The van der Waals surface area contributed by atoms with Gasteiger partial charge in [-0.2, -0.15) is 5.10 Å². The summed E-state index contributed by atoms with van der Waals surface area (Å²) in [6.07, 6.45) is 1.82. The number of anilines is 1. The minimum atomic E-state index is -0.165. The summed E-state index contributed by atoms with van der Waals surface area (Å²) < 4.78 is 3.25. The molecule has 0 atom stereocenters. The van der Waals surface area contributed by atoms with Gasteiger partial charge >= 0.3 is 0 Å². The molecule has 1 saturated heterocycles. The van der Waals surface area contributed by atoms with Crippen LogP contribution in [0, 0.1) is 6.92 Å². The Labute approximate surface area is 191 Å².